The molecule has 2 amide bonds. The average Bonchev–Trinajstić information content (AvgIpc) is 3.43. The Morgan fingerprint density at radius 3 is 2.21 bits per heavy atom. The van der Waals surface area contributed by atoms with Crippen molar-refractivity contribution in [2.75, 3.05) is 11.6 Å². The molecule has 0 spiro atoms. The first kappa shape index (κ1) is 27.8. The topological polar surface area (TPSA) is 102 Å². The number of hydrogen-bond acceptors (Lipinski definition) is 7. The predicted octanol–water partition coefficient (Wildman–Crippen LogP) is 5.49. The standard InChI is InChI=1S/C32H26ClN3O5S/c1-19-24(25(35-41-19)20-11-5-2-6-12-20)29(37)34-26-30(38)36-27(23(17-33)18-42-31(26)36)32(39)40-28(21-13-7-3-8-14-21)22-15-9-4-10-16-22/h2-16,26,28,31H,17-18H2,1H3,(H,34,37)/t26-,31-/m1/s1. The molecule has 0 aliphatic carbocycles. The van der Waals surface area contributed by atoms with Gasteiger partial charge < -0.3 is 14.6 Å². The van der Waals surface area contributed by atoms with E-state index in [9.17, 15) is 14.4 Å². The van der Waals surface area contributed by atoms with E-state index >= 15 is 0 Å². The summed E-state index contributed by atoms with van der Waals surface area (Å²) in [6.45, 7) is 1.65. The Kier molecular flexibility index (Phi) is 7.86. The number of aryl methyl sites for hydroxylation is 1. The van der Waals surface area contributed by atoms with Gasteiger partial charge in [-0.05, 0) is 23.6 Å². The van der Waals surface area contributed by atoms with Crippen LogP contribution >= 0.6 is 23.4 Å². The Labute approximate surface area is 251 Å². The third kappa shape index (κ3) is 5.10. The summed E-state index contributed by atoms with van der Waals surface area (Å²) in [5, 5.41) is 6.42. The monoisotopic (exact) mass is 599 g/mol. The number of ether oxygens (including phenoxy) is 1. The molecule has 0 saturated carbocycles. The molecule has 2 atom stereocenters. The highest BCUT2D eigenvalue weighted by molar-refractivity contribution is 8.00. The van der Waals surface area contributed by atoms with Gasteiger partial charge in [0.25, 0.3) is 11.8 Å². The number of halogens is 1. The second-order valence-electron chi connectivity index (χ2n) is 9.88. The molecule has 1 N–H and O–H groups in total. The molecule has 8 nitrogen and oxygen atoms in total. The van der Waals surface area contributed by atoms with Crippen LogP contribution in [0.4, 0.5) is 0 Å². The molecule has 3 heterocycles. The highest BCUT2D eigenvalue weighted by Gasteiger charge is 2.54. The van der Waals surface area contributed by atoms with Gasteiger partial charge in [-0.2, -0.15) is 0 Å². The van der Waals surface area contributed by atoms with Crippen molar-refractivity contribution in [2.24, 2.45) is 0 Å². The highest BCUT2D eigenvalue weighted by Crippen LogP contribution is 2.42. The van der Waals surface area contributed by atoms with Crippen LogP contribution in [0.25, 0.3) is 11.3 Å². The van der Waals surface area contributed by atoms with Crippen LogP contribution in [0.15, 0.2) is 107 Å². The number of carbonyl (C=O) groups is 3. The maximum atomic E-state index is 13.8. The molecule has 10 heteroatoms. The third-order valence-corrected chi connectivity index (χ3v) is 8.92. The van der Waals surface area contributed by atoms with Crippen LogP contribution in [0.1, 0.15) is 33.3 Å². The van der Waals surface area contributed by atoms with Crippen molar-refractivity contribution >= 4 is 41.1 Å². The van der Waals surface area contributed by atoms with E-state index in [0.29, 0.717) is 22.8 Å². The summed E-state index contributed by atoms with van der Waals surface area (Å²) in [5.41, 5.74) is 3.70. The van der Waals surface area contributed by atoms with Gasteiger partial charge in [-0.3, -0.25) is 14.5 Å². The van der Waals surface area contributed by atoms with Gasteiger partial charge >= 0.3 is 5.97 Å². The van der Waals surface area contributed by atoms with Crippen molar-refractivity contribution in [3.63, 3.8) is 0 Å². The number of fused-ring (bicyclic) bond motifs is 1. The summed E-state index contributed by atoms with van der Waals surface area (Å²) in [5.74, 6) is -0.720. The first-order valence-electron chi connectivity index (χ1n) is 13.3. The molecule has 3 aromatic carbocycles. The van der Waals surface area contributed by atoms with Crippen molar-refractivity contribution in [2.45, 2.75) is 24.4 Å². The van der Waals surface area contributed by atoms with Crippen LogP contribution in [0, 0.1) is 6.92 Å². The maximum Gasteiger partial charge on any atom is 0.356 e. The number of rotatable bonds is 8. The lowest BCUT2D eigenvalue weighted by atomic mass is 10.00. The number of benzene rings is 3. The Balaban J connectivity index is 1.24. The smallest absolute Gasteiger partial charge is 0.356 e. The molecule has 0 bridgehead atoms. The van der Waals surface area contributed by atoms with E-state index in [1.165, 1.54) is 16.7 Å². The number of β-lactam (4-membered cyclic amide) rings is 1. The number of esters is 1. The summed E-state index contributed by atoms with van der Waals surface area (Å²) in [7, 11) is 0. The molecule has 42 heavy (non-hydrogen) atoms. The van der Waals surface area contributed by atoms with Gasteiger partial charge in [0.15, 0.2) is 6.10 Å². The minimum atomic E-state index is -0.848. The van der Waals surface area contributed by atoms with Gasteiger partial charge in [0, 0.05) is 17.2 Å². The van der Waals surface area contributed by atoms with E-state index in [1.54, 1.807) is 6.92 Å². The molecule has 6 rings (SSSR count). The molecule has 4 aromatic rings. The van der Waals surface area contributed by atoms with E-state index in [2.05, 4.69) is 10.5 Å². The summed E-state index contributed by atoms with van der Waals surface area (Å²) in [6, 6.07) is 27.2. The number of aromatic nitrogens is 1. The highest BCUT2D eigenvalue weighted by atomic mass is 35.5. The number of hydrogen-bond donors (Lipinski definition) is 1. The Morgan fingerprint density at radius 1 is 1.02 bits per heavy atom. The molecule has 1 aromatic heterocycles. The molecule has 2 aliphatic rings. The van der Waals surface area contributed by atoms with E-state index in [4.69, 9.17) is 20.9 Å². The largest absolute Gasteiger partial charge is 0.448 e. The SMILES string of the molecule is Cc1onc(-c2ccccc2)c1C(=O)N[C@@H]1C(=O)N2C(C(=O)OC(c3ccccc3)c3ccccc3)=C(CCl)CS[C@H]12. The first-order chi connectivity index (χ1) is 20.5. The first-order valence-corrected chi connectivity index (χ1v) is 14.9. The minimum absolute atomic E-state index is 0.0621. The molecule has 212 valence electrons. The fourth-order valence-corrected chi connectivity index (χ4v) is 6.85. The Hall–Kier alpha value is -4.34. The molecule has 0 unspecified atom stereocenters. The molecule has 2 aliphatic heterocycles. The summed E-state index contributed by atoms with van der Waals surface area (Å²) in [6.07, 6.45) is -0.683. The molecular formula is C32H26ClN3O5S. The zero-order valence-corrected chi connectivity index (χ0v) is 24.1. The van der Waals surface area contributed by atoms with Crippen molar-refractivity contribution in [1.82, 2.24) is 15.4 Å². The van der Waals surface area contributed by atoms with Crippen molar-refractivity contribution in [3.05, 3.63) is 125 Å². The normalized spacial score (nSPS) is 18.0. The van der Waals surface area contributed by atoms with Crippen LogP contribution < -0.4 is 5.32 Å². The van der Waals surface area contributed by atoms with Crippen molar-refractivity contribution in [3.8, 4) is 11.3 Å². The lowest BCUT2D eigenvalue weighted by Crippen LogP contribution is -2.70. The fraction of sp³-hybridized carbons (Fsp3) is 0.188. The van der Waals surface area contributed by atoms with Crippen LogP contribution in [-0.2, 0) is 14.3 Å². The van der Waals surface area contributed by atoms with Gasteiger partial charge in [-0.15, -0.1) is 23.4 Å². The Morgan fingerprint density at radius 2 is 1.62 bits per heavy atom. The van der Waals surface area contributed by atoms with E-state index in [-0.39, 0.29) is 17.1 Å². The van der Waals surface area contributed by atoms with Gasteiger partial charge in [0.1, 0.15) is 34.1 Å². The average molecular weight is 600 g/mol. The molecule has 0 radical (unpaired) electrons. The lowest BCUT2D eigenvalue weighted by molar-refractivity contribution is -0.153. The van der Waals surface area contributed by atoms with E-state index < -0.39 is 35.3 Å². The third-order valence-electron chi connectivity index (χ3n) is 7.26. The zero-order valence-electron chi connectivity index (χ0n) is 22.5. The second kappa shape index (κ2) is 11.9. The van der Waals surface area contributed by atoms with Crippen LogP contribution in [0.3, 0.4) is 0 Å². The van der Waals surface area contributed by atoms with Gasteiger partial charge in [-0.1, -0.05) is 96.2 Å². The fourth-order valence-electron chi connectivity index (χ4n) is 5.17. The number of thioether (sulfide) groups is 1. The van der Waals surface area contributed by atoms with Crippen LogP contribution in [0.2, 0.25) is 0 Å². The predicted molar refractivity (Wildman–Crippen MR) is 160 cm³/mol. The number of nitrogens with one attached hydrogen (secondary N) is 1. The van der Waals surface area contributed by atoms with Gasteiger partial charge in [0.2, 0.25) is 0 Å². The van der Waals surface area contributed by atoms with Crippen molar-refractivity contribution in [1.29, 1.82) is 0 Å². The number of amides is 2. The summed E-state index contributed by atoms with van der Waals surface area (Å²) < 4.78 is 11.4. The van der Waals surface area contributed by atoms with E-state index in [0.717, 1.165) is 16.7 Å². The molecular weight excluding hydrogens is 574 g/mol. The second-order valence-corrected chi connectivity index (χ2v) is 11.3. The van der Waals surface area contributed by atoms with Gasteiger partial charge in [-0.25, -0.2) is 4.79 Å². The Bertz CT molecular complexity index is 1620. The van der Waals surface area contributed by atoms with E-state index in [1.807, 2.05) is 91.0 Å². The summed E-state index contributed by atoms with van der Waals surface area (Å²) in [4.78, 5) is 42.1. The zero-order chi connectivity index (χ0) is 29.2. The minimum Gasteiger partial charge on any atom is -0.448 e. The van der Waals surface area contributed by atoms with Crippen molar-refractivity contribution < 1.29 is 23.6 Å². The summed E-state index contributed by atoms with van der Waals surface area (Å²) >= 11 is 7.69. The van der Waals surface area contributed by atoms with Crippen LogP contribution in [0.5, 0.6) is 0 Å². The quantitative estimate of drug-likeness (QED) is 0.162. The number of nitrogens with zero attached hydrogens (tertiary/aromatic N) is 2. The number of carbonyl (C=O) groups excluding carboxylic acids is 3. The molecule has 1 saturated heterocycles. The lowest BCUT2D eigenvalue weighted by Gasteiger charge is -2.49. The maximum absolute atomic E-state index is 13.8. The van der Waals surface area contributed by atoms with Crippen LogP contribution in [-0.4, -0.2) is 50.9 Å². The number of alkyl halides is 1. The van der Waals surface area contributed by atoms with Gasteiger partial charge in [0.05, 0.1) is 0 Å². The molecule has 1 fully saturated rings.